The quantitative estimate of drug-likeness (QED) is 0.752. The fourth-order valence-corrected chi connectivity index (χ4v) is 3.53. The molecule has 1 aromatic rings. The van der Waals surface area contributed by atoms with Crippen LogP contribution < -0.4 is 0 Å². The van der Waals surface area contributed by atoms with Gasteiger partial charge in [-0.05, 0) is 43.9 Å². The molecule has 5 nitrogen and oxygen atoms in total. The third-order valence-electron chi connectivity index (χ3n) is 4.99. The molecule has 2 saturated heterocycles. The van der Waals surface area contributed by atoms with E-state index in [0.717, 1.165) is 37.6 Å². The number of halogens is 2. The van der Waals surface area contributed by atoms with Crippen molar-refractivity contribution < 1.29 is 23.2 Å². The van der Waals surface area contributed by atoms with Gasteiger partial charge in [0.1, 0.15) is 11.6 Å². The van der Waals surface area contributed by atoms with Crippen LogP contribution in [0.3, 0.4) is 0 Å². The van der Waals surface area contributed by atoms with E-state index >= 15 is 0 Å². The SMILES string of the molecule is O=C(c1cc(F)ccc1F)[C@@H]1CCCN(C(=O)CCN2CCCCO2)C1. The molecule has 0 unspecified atom stereocenters. The lowest BCUT2D eigenvalue weighted by Gasteiger charge is -2.33. The Balaban J connectivity index is 1.57. The summed E-state index contributed by atoms with van der Waals surface area (Å²) in [5, 5.41) is 1.82. The zero-order chi connectivity index (χ0) is 18.5. The highest BCUT2D eigenvalue weighted by Gasteiger charge is 2.30. The first-order valence-corrected chi connectivity index (χ1v) is 9.19. The Morgan fingerprint density at radius 2 is 2.00 bits per heavy atom. The van der Waals surface area contributed by atoms with Gasteiger partial charge in [0, 0.05) is 38.5 Å². The maximum absolute atomic E-state index is 13.9. The molecule has 2 aliphatic rings. The first kappa shape index (κ1) is 18.9. The predicted molar refractivity (Wildman–Crippen MR) is 91.4 cm³/mol. The van der Waals surface area contributed by atoms with Crippen LogP contribution in [0.15, 0.2) is 18.2 Å². The second-order valence-corrected chi connectivity index (χ2v) is 6.89. The van der Waals surface area contributed by atoms with Gasteiger partial charge in [0.05, 0.1) is 12.2 Å². The summed E-state index contributed by atoms with van der Waals surface area (Å²) in [5.41, 5.74) is -0.231. The van der Waals surface area contributed by atoms with Gasteiger partial charge in [0.15, 0.2) is 5.78 Å². The van der Waals surface area contributed by atoms with E-state index in [1.54, 1.807) is 4.90 Å². The van der Waals surface area contributed by atoms with E-state index in [-0.39, 0.29) is 18.0 Å². The first-order chi connectivity index (χ1) is 12.5. The molecular weight excluding hydrogens is 342 g/mol. The van der Waals surface area contributed by atoms with E-state index in [1.807, 2.05) is 5.06 Å². The van der Waals surface area contributed by atoms with E-state index in [1.165, 1.54) is 0 Å². The van der Waals surface area contributed by atoms with Gasteiger partial charge in [0.2, 0.25) is 5.91 Å². The molecule has 1 atom stereocenters. The molecule has 0 spiro atoms. The summed E-state index contributed by atoms with van der Waals surface area (Å²) in [4.78, 5) is 32.2. The number of hydroxylamine groups is 2. The van der Waals surface area contributed by atoms with Crippen LogP contribution in [-0.2, 0) is 9.63 Å². The summed E-state index contributed by atoms with van der Waals surface area (Å²) in [6, 6.07) is 2.89. The van der Waals surface area contributed by atoms with E-state index in [2.05, 4.69) is 0 Å². The molecule has 0 bridgehead atoms. The molecule has 1 amide bonds. The third-order valence-corrected chi connectivity index (χ3v) is 4.99. The Hall–Kier alpha value is -1.86. The molecule has 2 fully saturated rings. The van der Waals surface area contributed by atoms with Gasteiger partial charge in [-0.15, -0.1) is 0 Å². The summed E-state index contributed by atoms with van der Waals surface area (Å²) >= 11 is 0. The Bertz CT molecular complexity index is 662. The molecule has 3 rings (SSSR count). The summed E-state index contributed by atoms with van der Waals surface area (Å²) < 4.78 is 27.2. The Morgan fingerprint density at radius 1 is 1.15 bits per heavy atom. The van der Waals surface area contributed by atoms with E-state index in [9.17, 15) is 18.4 Å². The standard InChI is InChI=1S/C19H24F2N2O3/c20-15-5-6-17(21)16(12-15)19(25)14-4-3-8-22(13-14)18(24)7-10-23-9-1-2-11-26-23/h5-6,12,14H,1-4,7-11,13H2/t14-/m1/s1. The van der Waals surface area contributed by atoms with Crippen molar-refractivity contribution in [1.29, 1.82) is 0 Å². The van der Waals surface area contributed by atoms with Gasteiger partial charge in [-0.3, -0.25) is 14.4 Å². The molecular formula is C19H24F2N2O3. The van der Waals surface area contributed by atoms with Gasteiger partial charge >= 0.3 is 0 Å². The Morgan fingerprint density at radius 3 is 2.77 bits per heavy atom. The normalized spacial score (nSPS) is 21.6. The van der Waals surface area contributed by atoms with E-state index in [0.29, 0.717) is 39.0 Å². The number of piperidine rings is 1. The molecule has 0 aliphatic carbocycles. The molecule has 0 N–H and O–H groups in total. The fraction of sp³-hybridized carbons (Fsp3) is 0.579. The van der Waals surface area contributed by atoms with E-state index < -0.39 is 23.3 Å². The second kappa shape index (κ2) is 8.68. The number of hydrogen-bond donors (Lipinski definition) is 0. The summed E-state index contributed by atoms with van der Waals surface area (Å²) in [7, 11) is 0. The largest absolute Gasteiger partial charge is 0.342 e. The second-order valence-electron chi connectivity index (χ2n) is 6.89. The minimum absolute atomic E-state index is 0.0311. The number of hydrogen-bond acceptors (Lipinski definition) is 4. The Labute approximate surface area is 151 Å². The highest BCUT2D eigenvalue weighted by atomic mass is 19.1. The summed E-state index contributed by atoms with van der Waals surface area (Å²) in [6.45, 7) is 2.90. The van der Waals surface area contributed by atoms with Gasteiger partial charge in [-0.25, -0.2) is 8.78 Å². The molecule has 2 aliphatic heterocycles. The lowest BCUT2D eigenvalue weighted by Crippen LogP contribution is -2.43. The van der Waals surface area contributed by atoms with Crippen LogP contribution in [0.2, 0.25) is 0 Å². The highest BCUT2D eigenvalue weighted by Crippen LogP contribution is 2.23. The van der Waals surface area contributed by atoms with Crippen LogP contribution >= 0.6 is 0 Å². The molecule has 7 heteroatoms. The zero-order valence-electron chi connectivity index (χ0n) is 14.8. The molecule has 2 heterocycles. The Kier molecular flexibility index (Phi) is 6.32. The van der Waals surface area contributed by atoms with Gasteiger partial charge in [-0.1, -0.05) is 0 Å². The number of rotatable bonds is 5. The minimum Gasteiger partial charge on any atom is -0.342 e. The van der Waals surface area contributed by atoms with Crippen molar-refractivity contribution >= 4 is 11.7 Å². The average molecular weight is 366 g/mol. The van der Waals surface area contributed by atoms with Crippen molar-refractivity contribution in [1.82, 2.24) is 9.96 Å². The monoisotopic (exact) mass is 366 g/mol. The zero-order valence-corrected chi connectivity index (χ0v) is 14.8. The maximum atomic E-state index is 13.9. The minimum atomic E-state index is -0.720. The number of carbonyl (C=O) groups is 2. The fourth-order valence-electron chi connectivity index (χ4n) is 3.53. The molecule has 26 heavy (non-hydrogen) atoms. The molecule has 0 aromatic heterocycles. The van der Waals surface area contributed by atoms with Crippen molar-refractivity contribution in [3.8, 4) is 0 Å². The average Bonchev–Trinajstić information content (AvgIpc) is 2.68. The molecule has 0 radical (unpaired) electrons. The third kappa shape index (κ3) is 4.65. The number of benzene rings is 1. The van der Waals surface area contributed by atoms with Crippen LogP contribution in [0.5, 0.6) is 0 Å². The van der Waals surface area contributed by atoms with Crippen molar-refractivity contribution in [3.05, 3.63) is 35.4 Å². The number of nitrogens with zero attached hydrogens (tertiary/aromatic N) is 2. The predicted octanol–water partition coefficient (Wildman–Crippen LogP) is 2.80. The maximum Gasteiger partial charge on any atom is 0.223 e. The van der Waals surface area contributed by atoms with Crippen molar-refractivity contribution in [2.24, 2.45) is 5.92 Å². The molecule has 142 valence electrons. The lowest BCUT2D eigenvalue weighted by atomic mass is 9.89. The van der Waals surface area contributed by atoms with Gasteiger partial charge < -0.3 is 4.90 Å². The first-order valence-electron chi connectivity index (χ1n) is 9.19. The van der Waals surface area contributed by atoms with Crippen LogP contribution in [0, 0.1) is 17.6 Å². The topological polar surface area (TPSA) is 49.9 Å². The molecule has 1 aromatic carbocycles. The van der Waals surface area contributed by atoms with Gasteiger partial charge in [0.25, 0.3) is 0 Å². The number of carbonyl (C=O) groups excluding carboxylic acids is 2. The van der Waals surface area contributed by atoms with Crippen LogP contribution in [0.25, 0.3) is 0 Å². The van der Waals surface area contributed by atoms with E-state index in [4.69, 9.17) is 4.84 Å². The molecule has 0 saturated carbocycles. The summed E-state index contributed by atoms with van der Waals surface area (Å²) in [6.07, 6.45) is 3.69. The smallest absolute Gasteiger partial charge is 0.223 e. The van der Waals surface area contributed by atoms with Gasteiger partial charge in [-0.2, -0.15) is 5.06 Å². The van der Waals surface area contributed by atoms with Crippen molar-refractivity contribution in [2.75, 3.05) is 32.8 Å². The van der Waals surface area contributed by atoms with Crippen LogP contribution in [-0.4, -0.2) is 54.4 Å². The van der Waals surface area contributed by atoms with Crippen LogP contribution in [0.1, 0.15) is 42.5 Å². The highest BCUT2D eigenvalue weighted by molar-refractivity contribution is 5.98. The summed E-state index contributed by atoms with van der Waals surface area (Å²) in [5.74, 6) is -2.31. The number of amides is 1. The lowest BCUT2D eigenvalue weighted by molar-refractivity contribution is -0.182. The number of Topliss-reactive ketones (excluding diaryl/α,β-unsaturated/α-hetero) is 1. The number of likely N-dealkylation sites (tertiary alicyclic amines) is 1. The van der Waals surface area contributed by atoms with Crippen molar-refractivity contribution in [3.63, 3.8) is 0 Å². The van der Waals surface area contributed by atoms with Crippen LogP contribution in [0.4, 0.5) is 8.78 Å². The number of ketones is 1. The van der Waals surface area contributed by atoms with Crippen molar-refractivity contribution in [2.45, 2.75) is 32.1 Å².